The van der Waals surface area contributed by atoms with E-state index in [4.69, 9.17) is 0 Å². The average molecular weight is 440 g/mol. The Morgan fingerprint density at radius 3 is 2.32 bits per heavy atom. The van der Waals surface area contributed by atoms with Crippen LogP contribution in [0.15, 0.2) is 88.9 Å². The van der Waals surface area contributed by atoms with Crippen molar-refractivity contribution in [1.29, 1.82) is 0 Å². The van der Waals surface area contributed by atoms with Crippen LogP contribution < -0.4 is 9.73 Å². The zero-order valence-corrected chi connectivity index (χ0v) is 17.9. The first-order valence-electron chi connectivity index (χ1n) is 9.51. The minimum absolute atomic E-state index is 0.0790. The molecule has 0 spiro atoms. The number of halogens is 1. The van der Waals surface area contributed by atoms with Gasteiger partial charge in [0, 0.05) is 0 Å². The maximum absolute atomic E-state index is 13.2. The van der Waals surface area contributed by atoms with Gasteiger partial charge in [0.05, 0.1) is 16.3 Å². The number of sulfonamides is 1. The van der Waals surface area contributed by atoms with E-state index in [0.717, 1.165) is 9.87 Å². The van der Waals surface area contributed by atoms with Gasteiger partial charge in [0.15, 0.2) is 0 Å². The average Bonchev–Trinajstić information content (AvgIpc) is 2.76. The van der Waals surface area contributed by atoms with Crippen LogP contribution in [0.4, 0.5) is 10.1 Å². The first-order chi connectivity index (χ1) is 14.8. The third-order valence-corrected chi connectivity index (χ3v) is 6.31. The van der Waals surface area contributed by atoms with Crippen LogP contribution in [0.3, 0.4) is 0 Å². The van der Waals surface area contributed by atoms with Crippen LogP contribution in [0.1, 0.15) is 18.1 Å². The quantitative estimate of drug-likeness (QED) is 0.448. The molecule has 0 saturated carbocycles. The molecule has 0 atom stereocenters. The van der Waals surface area contributed by atoms with Crippen LogP contribution in [0.25, 0.3) is 0 Å². The number of rotatable bonds is 7. The normalized spacial score (nSPS) is 11.8. The summed E-state index contributed by atoms with van der Waals surface area (Å²) in [7, 11) is -3.98. The third kappa shape index (κ3) is 5.55. The molecule has 3 aromatic carbocycles. The maximum atomic E-state index is 13.2. The molecule has 0 aliphatic rings. The van der Waals surface area contributed by atoms with Crippen molar-refractivity contribution < 1.29 is 17.6 Å². The number of nitrogens with one attached hydrogen (secondary N) is 1. The Morgan fingerprint density at radius 2 is 1.68 bits per heavy atom. The molecule has 0 unspecified atom stereocenters. The van der Waals surface area contributed by atoms with E-state index < -0.39 is 22.5 Å². The Morgan fingerprint density at radius 1 is 1.00 bits per heavy atom. The number of amides is 1. The number of carbonyl (C=O) groups excluding carboxylic acids is 1. The number of anilines is 1. The fourth-order valence-electron chi connectivity index (χ4n) is 2.89. The van der Waals surface area contributed by atoms with Gasteiger partial charge in [0.1, 0.15) is 12.4 Å². The molecule has 160 valence electrons. The summed E-state index contributed by atoms with van der Waals surface area (Å²) in [6, 6.07) is 20.5. The standard InChI is InChI=1S/C23H22FN3O3S/c1-17-7-6-8-21(15-17)27(31(29,30)22-9-4-3-5-10-22)16-23(28)26-25-18(2)19-11-13-20(24)14-12-19/h3-15H,16H2,1-2H3,(H,26,28)/b25-18+. The van der Waals surface area contributed by atoms with Gasteiger partial charge in [-0.15, -0.1) is 0 Å². The lowest BCUT2D eigenvalue weighted by Gasteiger charge is -2.24. The summed E-state index contributed by atoms with van der Waals surface area (Å²) in [5.41, 5.74) is 4.71. The monoisotopic (exact) mass is 439 g/mol. The van der Waals surface area contributed by atoms with Gasteiger partial charge in [0.25, 0.3) is 15.9 Å². The second-order valence-corrected chi connectivity index (χ2v) is 8.77. The lowest BCUT2D eigenvalue weighted by Crippen LogP contribution is -2.39. The van der Waals surface area contributed by atoms with Crippen molar-refractivity contribution in [3.05, 3.63) is 95.8 Å². The van der Waals surface area contributed by atoms with Crippen molar-refractivity contribution in [2.45, 2.75) is 18.7 Å². The molecule has 31 heavy (non-hydrogen) atoms. The Balaban J connectivity index is 1.86. The molecule has 3 aromatic rings. The molecule has 0 heterocycles. The first-order valence-corrected chi connectivity index (χ1v) is 10.9. The molecule has 0 saturated heterocycles. The van der Waals surface area contributed by atoms with Gasteiger partial charge in [-0.2, -0.15) is 5.10 Å². The van der Waals surface area contributed by atoms with Crippen LogP contribution in [0.5, 0.6) is 0 Å². The van der Waals surface area contributed by atoms with Crippen LogP contribution in [0.2, 0.25) is 0 Å². The minimum Gasteiger partial charge on any atom is -0.271 e. The second kappa shape index (κ2) is 9.53. The number of hydrogen-bond donors (Lipinski definition) is 1. The second-order valence-electron chi connectivity index (χ2n) is 6.90. The van der Waals surface area contributed by atoms with E-state index in [0.29, 0.717) is 17.0 Å². The van der Waals surface area contributed by atoms with Crippen molar-refractivity contribution >= 4 is 27.3 Å². The molecule has 1 N–H and O–H groups in total. The molecular formula is C23H22FN3O3S. The molecule has 8 heteroatoms. The molecule has 1 amide bonds. The fourth-order valence-corrected chi connectivity index (χ4v) is 4.32. The maximum Gasteiger partial charge on any atom is 0.264 e. The molecule has 0 fully saturated rings. The summed E-state index contributed by atoms with van der Waals surface area (Å²) in [4.78, 5) is 12.7. The molecule has 0 bridgehead atoms. The van der Waals surface area contributed by atoms with Crippen molar-refractivity contribution in [1.82, 2.24) is 5.43 Å². The lowest BCUT2D eigenvalue weighted by atomic mass is 10.1. The van der Waals surface area contributed by atoms with Gasteiger partial charge in [-0.3, -0.25) is 9.10 Å². The zero-order valence-electron chi connectivity index (χ0n) is 17.1. The Labute approximate surface area is 181 Å². The molecule has 0 aliphatic heterocycles. The highest BCUT2D eigenvalue weighted by Gasteiger charge is 2.27. The first kappa shape index (κ1) is 22.2. The number of carbonyl (C=O) groups is 1. The summed E-state index contributed by atoms with van der Waals surface area (Å²) in [5.74, 6) is -0.983. The molecule has 6 nitrogen and oxygen atoms in total. The predicted octanol–water partition coefficient (Wildman–Crippen LogP) is 3.87. The van der Waals surface area contributed by atoms with Gasteiger partial charge in [0.2, 0.25) is 0 Å². The van der Waals surface area contributed by atoms with Crippen LogP contribution in [0, 0.1) is 12.7 Å². The summed E-state index contributed by atoms with van der Waals surface area (Å²) in [6.45, 7) is 3.04. The van der Waals surface area contributed by atoms with E-state index in [1.54, 1.807) is 55.5 Å². The third-order valence-electron chi connectivity index (χ3n) is 4.52. The summed E-state index contributed by atoms with van der Waals surface area (Å²) < 4.78 is 40.6. The molecule has 0 radical (unpaired) electrons. The molecular weight excluding hydrogens is 417 g/mol. The van der Waals surface area contributed by atoms with Crippen molar-refractivity contribution in [3.63, 3.8) is 0 Å². The molecule has 0 aliphatic carbocycles. The molecule has 0 aromatic heterocycles. The summed E-state index contributed by atoms with van der Waals surface area (Å²) in [5, 5.41) is 4.02. The van der Waals surface area contributed by atoms with E-state index in [1.807, 2.05) is 13.0 Å². The van der Waals surface area contributed by atoms with Crippen LogP contribution >= 0.6 is 0 Å². The van der Waals surface area contributed by atoms with Crippen LogP contribution in [-0.2, 0) is 14.8 Å². The highest BCUT2D eigenvalue weighted by Crippen LogP contribution is 2.24. The number of nitrogens with zero attached hydrogens (tertiary/aromatic N) is 2. The number of aryl methyl sites for hydroxylation is 1. The van der Waals surface area contributed by atoms with Gasteiger partial charge in [-0.05, 0) is 61.4 Å². The van der Waals surface area contributed by atoms with Crippen LogP contribution in [-0.4, -0.2) is 26.6 Å². The number of hydrogen-bond acceptors (Lipinski definition) is 4. The summed E-state index contributed by atoms with van der Waals surface area (Å²) in [6.07, 6.45) is 0. The lowest BCUT2D eigenvalue weighted by molar-refractivity contribution is -0.119. The minimum atomic E-state index is -3.98. The van der Waals surface area contributed by atoms with Gasteiger partial charge in [-0.1, -0.05) is 42.5 Å². The van der Waals surface area contributed by atoms with Gasteiger partial charge in [-0.25, -0.2) is 18.2 Å². The van der Waals surface area contributed by atoms with Crippen molar-refractivity contribution in [2.75, 3.05) is 10.8 Å². The van der Waals surface area contributed by atoms with E-state index in [1.165, 1.54) is 24.3 Å². The highest BCUT2D eigenvalue weighted by molar-refractivity contribution is 7.92. The van der Waals surface area contributed by atoms with E-state index in [-0.39, 0.29) is 10.7 Å². The Hall–Kier alpha value is -3.52. The number of benzene rings is 3. The van der Waals surface area contributed by atoms with E-state index in [9.17, 15) is 17.6 Å². The van der Waals surface area contributed by atoms with E-state index in [2.05, 4.69) is 10.5 Å². The van der Waals surface area contributed by atoms with Crippen molar-refractivity contribution in [2.24, 2.45) is 5.10 Å². The number of hydrazone groups is 1. The van der Waals surface area contributed by atoms with Gasteiger partial charge < -0.3 is 0 Å². The predicted molar refractivity (Wildman–Crippen MR) is 119 cm³/mol. The van der Waals surface area contributed by atoms with E-state index >= 15 is 0 Å². The Bertz CT molecular complexity index is 1190. The largest absolute Gasteiger partial charge is 0.271 e. The van der Waals surface area contributed by atoms with Crippen molar-refractivity contribution in [3.8, 4) is 0 Å². The highest BCUT2D eigenvalue weighted by atomic mass is 32.2. The smallest absolute Gasteiger partial charge is 0.264 e. The van der Waals surface area contributed by atoms with Gasteiger partial charge >= 0.3 is 0 Å². The summed E-state index contributed by atoms with van der Waals surface area (Å²) >= 11 is 0. The Kier molecular flexibility index (Phi) is 6.81. The topological polar surface area (TPSA) is 78.8 Å². The SMILES string of the molecule is C/C(=N\NC(=O)CN(c1cccc(C)c1)S(=O)(=O)c1ccccc1)c1ccc(F)cc1. The zero-order chi connectivity index (χ0) is 22.4. The molecule has 3 rings (SSSR count). The fraction of sp³-hybridized carbons (Fsp3) is 0.130.